The second-order valence-corrected chi connectivity index (χ2v) is 25.1. The summed E-state index contributed by atoms with van der Waals surface area (Å²) in [6, 6.07) is 4.51. The molecule has 2 saturated heterocycles. The standard InChI is InChI=1S/C63H98N18O13S/c1-37(2)33-45(57(89)74-41(53(68)85)27-32-95-3)73-52(84)36-72-54(86)46(34-38-15-6-4-7-16-38)78-58(90)47(35-39-17-8-5-9-18-39)79-56(88)42(23-25-50(66)82)75-55(87)43(24-26-51(67)83)76-59(91)49-22-14-31-81(49)62(94)44(20-10-11-28-64)77-60(92)48-21-13-30-80(48)61(93)40(65)19-12-29-71-63(69)70/h4-9,15-18,37,40-49H,10-14,19-36,64-65H2,1-3H3,(H2,66,82)(H2,67,83)(H2,68,85)(H,72,86)(H,73,84)(H,74,89)(H,75,87)(H,76,91)(H,77,92)(H,78,90)(H,79,88)(H4,69,70,71)/t40-,41-,42+,43+,44+,45-,46-,47+,48-,49-/m0/s1. The van der Waals surface area contributed by atoms with Crippen molar-refractivity contribution in [1.82, 2.24) is 52.3 Å². The zero-order valence-electron chi connectivity index (χ0n) is 54.5. The third-order valence-electron chi connectivity index (χ3n) is 16.0. The summed E-state index contributed by atoms with van der Waals surface area (Å²) in [4.78, 5) is 185. The van der Waals surface area contributed by atoms with Crippen molar-refractivity contribution in [2.75, 3.05) is 44.7 Å². The monoisotopic (exact) mass is 1350 g/mol. The maximum Gasteiger partial charge on any atom is 0.245 e. The van der Waals surface area contributed by atoms with Crippen LogP contribution in [0.2, 0.25) is 0 Å². The Labute approximate surface area is 558 Å². The van der Waals surface area contributed by atoms with Crippen LogP contribution in [-0.4, -0.2) is 198 Å². The van der Waals surface area contributed by atoms with Gasteiger partial charge in [-0.05, 0) is 119 Å². The molecule has 0 aromatic heterocycles. The Balaban J connectivity index is 1.56. The maximum absolute atomic E-state index is 14.7. The number of hydrogen-bond acceptors (Lipinski definition) is 17. The molecule has 0 unspecified atom stereocenters. The first-order valence-corrected chi connectivity index (χ1v) is 33.6. The highest BCUT2D eigenvalue weighted by Gasteiger charge is 2.42. The van der Waals surface area contributed by atoms with E-state index >= 15 is 0 Å². The Morgan fingerprint density at radius 2 is 1.01 bits per heavy atom. The van der Waals surface area contributed by atoms with E-state index in [1.807, 2.05) is 20.1 Å². The number of nitrogens with zero attached hydrogens (tertiary/aromatic N) is 3. The van der Waals surface area contributed by atoms with Gasteiger partial charge in [-0.2, -0.15) is 11.8 Å². The molecule has 2 aromatic rings. The third kappa shape index (κ3) is 27.5. The van der Waals surface area contributed by atoms with Crippen LogP contribution in [0, 0.1) is 5.92 Å². The first-order chi connectivity index (χ1) is 45.2. The second-order valence-electron chi connectivity index (χ2n) is 24.1. The number of carbonyl (C=O) groups is 13. The minimum atomic E-state index is -1.64. The normalized spacial score (nSPS) is 16.8. The number of amides is 13. The number of nitrogens with two attached hydrogens (primary N) is 7. The molecule has 2 fully saturated rings. The molecule has 0 spiro atoms. The van der Waals surface area contributed by atoms with Crippen molar-refractivity contribution in [3.8, 4) is 0 Å². The van der Waals surface area contributed by atoms with Gasteiger partial charge in [-0.15, -0.1) is 0 Å². The number of aliphatic imine (C=N–C) groups is 1. The molecule has 32 heteroatoms. The van der Waals surface area contributed by atoms with Gasteiger partial charge in [0.2, 0.25) is 76.8 Å². The molecule has 0 radical (unpaired) electrons. The van der Waals surface area contributed by atoms with Crippen molar-refractivity contribution >= 4 is 94.5 Å². The summed E-state index contributed by atoms with van der Waals surface area (Å²) in [5.41, 5.74) is 40.6. The summed E-state index contributed by atoms with van der Waals surface area (Å²) in [6.45, 7) is 3.86. The number of carbonyl (C=O) groups excluding carboxylic acids is 13. The number of nitrogens with one attached hydrogen (secondary N) is 8. The highest BCUT2D eigenvalue weighted by atomic mass is 32.2. The molecule has 0 bridgehead atoms. The van der Waals surface area contributed by atoms with Gasteiger partial charge >= 0.3 is 0 Å². The molecule has 4 rings (SSSR count). The van der Waals surface area contributed by atoms with Crippen LogP contribution < -0.4 is 82.7 Å². The van der Waals surface area contributed by atoms with Gasteiger partial charge in [0.15, 0.2) is 5.96 Å². The first-order valence-electron chi connectivity index (χ1n) is 32.2. The fourth-order valence-corrected chi connectivity index (χ4v) is 11.5. The van der Waals surface area contributed by atoms with Gasteiger partial charge in [-0.3, -0.25) is 67.3 Å². The predicted molar refractivity (Wildman–Crippen MR) is 356 cm³/mol. The van der Waals surface area contributed by atoms with Crippen LogP contribution in [0.15, 0.2) is 65.7 Å². The van der Waals surface area contributed by atoms with Crippen molar-refractivity contribution in [2.45, 2.75) is 183 Å². The summed E-state index contributed by atoms with van der Waals surface area (Å²) in [7, 11) is 0. The number of guanidine groups is 1. The van der Waals surface area contributed by atoms with E-state index < -0.39 is 169 Å². The van der Waals surface area contributed by atoms with Gasteiger partial charge in [-0.1, -0.05) is 74.5 Å². The minimum absolute atomic E-state index is 0.0736. The van der Waals surface area contributed by atoms with E-state index in [4.69, 9.17) is 40.1 Å². The number of unbranched alkanes of at least 4 members (excludes halogenated alkanes) is 1. The van der Waals surface area contributed by atoms with Crippen molar-refractivity contribution in [3.63, 3.8) is 0 Å². The number of rotatable bonds is 42. The van der Waals surface area contributed by atoms with Gasteiger partial charge in [-0.25, -0.2) is 0 Å². The fourth-order valence-electron chi connectivity index (χ4n) is 11.0. The fraction of sp³-hybridized carbons (Fsp3) is 0.587. The molecule has 95 heavy (non-hydrogen) atoms. The molecule has 2 aliphatic heterocycles. The summed E-state index contributed by atoms with van der Waals surface area (Å²) < 4.78 is 0. The number of thioether (sulfide) groups is 1. The van der Waals surface area contributed by atoms with E-state index in [0.717, 1.165) is 0 Å². The van der Waals surface area contributed by atoms with Crippen LogP contribution in [0.4, 0.5) is 0 Å². The number of hydrogen-bond donors (Lipinski definition) is 15. The van der Waals surface area contributed by atoms with Crippen LogP contribution in [0.25, 0.3) is 0 Å². The molecular weight excluding hydrogens is 1250 g/mol. The Kier molecular flexibility index (Phi) is 33.9. The molecule has 2 aromatic carbocycles. The summed E-state index contributed by atoms with van der Waals surface area (Å²) in [5.74, 6) is -9.80. The van der Waals surface area contributed by atoms with Crippen LogP contribution in [0.3, 0.4) is 0 Å². The Bertz CT molecular complexity index is 2960. The van der Waals surface area contributed by atoms with Gasteiger partial charge in [0.05, 0.1) is 12.6 Å². The second kappa shape index (κ2) is 41.0. The van der Waals surface area contributed by atoms with Crippen LogP contribution in [-0.2, 0) is 75.2 Å². The Morgan fingerprint density at radius 3 is 1.51 bits per heavy atom. The van der Waals surface area contributed by atoms with E-state index in [1.54, 1.807) is 60.7 Å². The van der Waals surface area contributed by atoms with E-state index in [1.165, 1.54) is 21.6 Å². The van der Waals surface area contributed by atoms with Gasteiger partial charge in [0, 0.05) is 45.3 Å². The SMILES string of the molecule is CSCC[C@H](NC(=O)[C@H](CC(C)C)NC(=O)CNC(=O)[C@H](Cc1ccccc1)NC(=O)[C@@H](Cc1ccccc1)NC(=O)[C@@H](CCC(N)=O)NC(=O)[C@@H](CCC(N)=O)NC(=O)[C@@H]1CCCN1C(=O)[C@@H](CCCCN)NC(=O)[C@@H]1CCCN1C(=O)[C@@H](N)CCCN=C(N)N)C(N)=O. The lowest BCUT2D eigenvalue weighted by atomic mass is 10.0. The minimum Gasteiger partial charge on any atom is -0.370 e. The molecule has 31 nitrogen and oxygen atoms in total. The predicted octanol–water partition coefficient (Wildman–Crippen LogP) is -3.71. The molecule has 10 atom stereocenters. The topological polar surface area (TPSA) is 519 Å². The lowest BCUT2D eigenvalue weighted by Crippen LogP contribution is -2.60. The molecular formula is C63H98N18O13S. The highest BCUT2D eigenvalue weighted by Crippen LogP contribution is 2.24. The zero-order chi connectivity index (χ0) is 70.1. The zero-order valence-corrected chi connectivity index (χ0v) is 55.3. The summed E-state index contributed by atoms with van der Waals surface area (Å²) >= 11 is 1.45. The van der Waals surface area contributed by atoms with E-state index in [0.29, 0.717) is 55.4 Å². The lowest BCUT2D eigenvalue weighted by Gasteiger charge is -2.32. The van der Waals surface area contributed by atoms with Crippen molar-refractivity contribution in [3.05, 3.63) is 71.8 Å². The smallest absolute Gasteiger partial charge is 0.245 e. The van der Waals surface area contributed by atoms with Gasteiger partial charge < -0.3 is 92.5 Å². The largest absolute Gasteiger partial charge is 0.370 e. The molecule has 2 aliphatic rings. The maximum atomic E-state index is 14.7. The molecule has 0 aliphatic carbocycles. The van der Waals surface area contributed by atoms with Crippen molar-refractivity contribution in [1.29, 1.82) is 0 Å². The quantitative estimate of drug-likeness (QED) is 0.0173. The Hall–Kier alpha value is -8.91. The van der Waals surface area contributed by atoms with Crippen molar-refractivity contribution in [2.24, 2.45) is 51.0 Å². The summed E-state index contributed by atoms with van der Waals surface area (Å²) in [6.07, 6.45) is 3.12. The summed E-state index contributed by atoms with van der Waals surface area (Å²) in [5, 5.41) is 21.1. The van der Waals surface area contributed by atoms with Gasteiger partial charge in [0.25, 0.3) is 0 Å². The van der Waals surface area contributed by atoms with E-state index in [2.05, 4.69) is 47.5 Å². The van der Waals surface area contributed by atoms with Gasteiger partial charge in [0.1, 0.15) is 54.4 Å². The van der Waals surface area contributed by atoms with E-state index in [-0.39, 0.29) is 83.0 Å². The van der Waals surface area contributed by atoms with Crippen LogP contribution >= 0.6 is 11.8 Å². The number of likely N-dealkylation sites (tertiary alicyclic amines) is 2. The average molecular weight is 1350 g/mol. The molecule has 22 N–H and O–H groups in total. The number of benzene rings is 2. The van der Waals surface area contributed by atoms with E-state index in [9.17, 15) is 62.3 Å². The average Bonchev–Trinajstić information content (AvgIpc) is 1.74. The Morgan fingerprint density at radius 1 is 0.537 bits per heavy atom. The number of primary amides is 3. The molecule has 524 valence electrons. The lowest BCUT2D eigenvalue weighted by molar-refractivity contribution is -0.144. The van der Waals surface area contributed by atoms with Crippen LogP contribution in [0.1, 0.15) is 121 Å². The molecule has 0 saturated carbocycles. The van der Waals surface area contributed by atoms with Crippen molar-refractivity contribution < 1.29 is 62.3 Å². The van der Waals surface area contributed by atoms with Crippen LogP contribution in [0.5, 0.6) is 0 Å². The molecule has 2 heterocycles. The first kappa shape index (κ1) is 78.5. The highest BCUT2D eigenvalue weighted by molar-refractivity contribution is 7.98. The third-order valence-corrected chi connectivity index (χ3v) is 16.7. The molecule has 13 amide bonds.